The van der Waals surface area contributed by atoms with E-state index in [0.717, 1.165) is 22.6 Å². The summed E-state index contributed by atoms with van der Waals surface area (Å²) in [7, 11) is 0. The molecule has 0 amide bonds. The van der Waals surface area contributed by atoms with Gasteiger partial charge in [0.2, 0.25) is 5.95 Å². The van der Waals surface area contributed by atoms with Gasteiger partial charge in [-0.1, -0.05) is 18.2 Å². The third kappa shape index (κ3) is 2.05. The Hall–Kier alpha value is -2.62. The van der Waals surface area contributed by atoms with Crippen LogP contribution >= 0.6 is 0 Å². The second kappa shape index (κ2) is 4.81. The van der Waals surface area contributed by atoms with Crippen LogP contribution < -0.4 is 5.73 Å². The van der Waals surface area contributed by atoms with Gasteiger partial charge in [-0.05, 0) is 37.6 Å². The van der Waals surface area contributed by atoms with Gasteiger partial charge in [0.25, 0.3) is 0 Å². The summed E-state index contributed by atoms with van der Waals surface area (Å²) in [4.78, 5) is 8.27. The Bertz CT molecular complexity index is 744. The van der Waals surface area contributed by atoms with Crippen LogP contribution in [-0.2, 0) is 0 Å². The van der Waals surface area contributed by atoms with Crippen LogP contribution in [-0.4, -0.2) is 14.5 Å². The summed E-state index contributed by atoms with van der Waals surface area (Å²) in [6.45, 7) is 4.17. The van der Waals surface area contributed by atoms with Crippen LogP contribution in [0.3, 0.4) is 0 Å². The molecule has 20 heavy (non-hydrogen) atoms. The normalized spacial score (nSPS) is 10.7. The average molecular weight is 264 g/mol. The Balaban J connectivity index is 2.17. The fraction of sp³-hybridized carbons (Fsp3) is 0.125. The molecule has 100 valence electrons. The maximum absolute atomic E-state index is 5.68. The Morgan fingerprint density at radius 2 is 1.80 bits per heavy atom. The van der Waals surface area contributed by atoms with Crippen molar-refractivity contribution >= 4 is 5.95 Å². The molecular formula is C16H16N4. The summed E-state index contributed by atoms with van der Waals surface area (Å²) in [5, 5.41) is 0. The zero-order valence-electron chi connectivity index (χ0n) is 11.5. The summed E-state index contributed by atoms with van der Waals surface area (Å²) >= 11 is 0. The van der Waals surface area contributed by atoms with Crippen molar-refractivity contribution in [1.82, 2.24) is 14.5 Å². The third-order valence-corrected chi connectivity index (χ3v) is 3.40. The van der Waals surface area contributed by atoms with E-state index in [9.17, 15) is 0 Å². The van der Waals surface area contributed by atoms with E-state index in [1.54, 1.807) is 6.20 Å². The van der Waals surface area contributed by atoms with Crippen molar-refractivity contribution in [2.75, 3.05) is 5.73 Å². The Labute approximate surface area is 117 Å². The molecule has 4 heteroatoms. The predicted molar refractivity (Wildman–Crippen MR) is 80.7 cm³/mol. The van der Waals surface area contributed by atoms with E-state index in [-0.39, 0.29) is 0 Å². The number of nitrogens with two attached hydrogens (primary N) is 1. The zero-order chi connectivity index (χ0) is 14.1. The largest absolute Gasteiger partial charge is 0.368 e. The molecule has 2 N–H and O–H groups in total. The van der Waals surface area contributed by atoms with E-state index < -0.39 is 0 Å². The van der Waals surface area contributed by atoms with Gasteiger partial charge in [-0.3, -0.25) is 0 Å². The first-order valence-corrected chi connectivity index (χ1v) is 6.49. The number of hydrogen-bond donors (Lipinski definition) is 1. The molecule has 0 fully saturated rings. The van der Waals surface area contributed by atoms with Crippen molar-refractivity contribution in [2.45, 2.75) is 13.8 Å². The highest BCUT2D eigenvalue weighted by Gasteiger charge is 2.14. The van der Waals surface area contributed by atoms with Gasteiger partial charge in [0.05, 0.1) is 5.69 Å². The Kier molecular flexibility index (Phi) is 2.99. The maximum atomic E-state index is 5.68. The lowest BCUT2D eigenvalue weighted by Crippen LogP contribution is -1.98. The quantitative estimate of drug-likeness (QED) is 0.773. The van der Waals surface area contributed by atoms with Gasteiger partial charge in [0.15, 0.2) is 0 Å². The number of aryl methyl sites for hydroxylation is 1. The molecule has 0 saturated heterocycles. The number of anilines is 1. The molecule has 0 spiro atoms. The monoisotopic (exact) mass is 264 g/mol. The summed E-state index contributed by atoms with van der Waals surface area (Å²) < 4.78 is 2.17. The standard InChI is InChI=1S/C16H16N4/c1-11-10-20(13-6-4-3-5-7-13)12(2)15(11)14-8-9-18-16(17)19-14/h3-10H,1-2H3,(H2,17,18,19). The highest BCUT2D eigenvalue weighted by Crippen LogP contribution is 2.29. The lowest BCUT2D eigenvalue weighted by atomic mass is 10.1. The molecule has 0 bridgehead atoms. The highest BCUT2D eigenvalue weighted by atomic mass is 15.0. The third-order valence-electron chi connectivity index (χ3n) is 3.40. The first-order valence-electron chi connectivity index (χ1n) is 6.49. The molecule has 2 heterocycles. The van der Waals surface area contributed by atoms with Crippen molar-refractivity contribution in [3.8, 4) is 16.9 Å². The number of para-hydroxylation sites is 1. The Morgan fingerprint density at radius 1 is 1.05 bits per heavy atom. The van der Waals surface area contributed by atoms with Crippen LogP contribution in [0.1, 0.15) is 11.3 Å². The van der Waals surface area contributed by atoms with Crippen LogP contribution in [0.25, 0.3) is 16.9 Å². The van der Waals surface area contributed by atoms with Crippen molar-refractivity contribution in [3.63, 3.8) is 0 Å². The molecule has 0 radical (unpaired) electrons. The van der Waals surface area contributed by atoms with Gasteiger partial charge in [-0.2, -0.15) is 0 Å². The summed E-state index contributed by atoms with van der Waals surface area (Å²) in [6.07, 6.45) is 3.81. The van der Waals surface area contributed by atoms with Gasteiger partial charge in [0.1, 0.15) is 0 Å². The number of aromatic nitrogens is 3. The minimum Gasteiger partial charge on any atom is -0.368 e. The molecule has 1 aromatic carbocycles. The van der Waals surface area contributed by atoms with E-state index >= 15 is 0 Å². The molecule has 0 atom stereocenters. The van der Waals surface area contributed by atoms with Crippen molar-refractivity contribution < 1.29 is 0 Å². The minimum absolute atomic E-state index is 0.300. The van der Waals surface area contributed by atoms with Gasteiger partial charge in [0, 0.05) is 29.3 Å². The van der Waals surface area contributed by atoms with E-state index in [1.807, 2.05) is 24.3 Å². The van der Waals surface area contributed by atoms with Crippen molar-refractivity contribution in [3.05, 3.63) is 60.0 Å². The molecule has 3 aromatic rings. The molecule has 0 saturated carbocycles. The van der Waals surface area contributed by atoms with Crippen LogP contribution in [0.4, 0.5) is 5.95 Å². The second-order valence-electron chi connectivity index (χ2n) is 4.78. The summed E-state index contributed by atoms with van der Waals surface area (Å²) in [5.74, 6) is 0.300. The fourth-order valence-electron chi connectivity index (χ4n) is 2.52. The molecule has 4 nitrogen and oxygen atoms in total. The van der Waals surface area contributed by atoms with Crippen molar-refractivity contribution in [1.29, 1.82) is 0 Å². The lowest BCUT2D eigenvalue weighted by Gasteiger charge is -2.07. The van der Waals surface area contributed by atoms with Crippen LogP contribution in [0.5, 0.6) is 0 Å². The lowest BCUT2D eigenvalue weighted by molar-refractivity contribution is 1.01. The van der Waals surface area contributed by atoms with E-state index in [0.29, 0.717) is 5.95 Å². The minimum atomic E-state index is 0.300. The predicted octanol–water partition coefficient (Wildman–Crippen LogP) is 3.13. The molecule has 2 aromatic heterocycles. The second-order valence-corrected chi connectivity index (χ2v) is 4.78. The summed E-state index contributed by atoms with van der Waals surface area (Å²) in [5.41, 5.74) is 11.1. The number of nitrogen functional groups attached to an aromatic ring is 1. The fourth-order valence-corrected chi connectivity index (χ4v) is 2.52. The molecular weight excluding hydrogens is 248 g/mol. The number of hydrogen-bond acceptors (Lipinski definition) is 3. The summed E-state index contributed by atoms with van der Waals surface area (Å²) in [6, 6.07) is 12.1. The first-order chi connectivity index (χ1) is 9.66. The molecule has 0 aliphatic heterocycles. The average Bonchev–Trinajstić information content (AvgIpc) is 2.75. The number of nitrogens with zero attached hydrogens (tertiary/aromatic N) is 3. The molecule has 0 aliphatic carbocycles. The van der Waals surface area contributed by atoms with E-state index in [4.69, 9.17) is 5.73 Å². The molecule has 0 aliphatic rings. The van der Waals surface area contributed by atoms with E-state index in [2.05, 4.69) is 46.7 Å². The van der Waals surface area contributed by atoms with E-state index in [1.165, 1.54) is 5.56 Å². The van der Waals surface area contributed by atoms with Gasteiger partial charge < -0.3 is 10.3 Å². The first kappa shape index (κ1) is 12.4. The molecule has 0 unspecified atom stereocenters. The number of rotatable bonds is 2. The van der Waals surface area contributed by atoms with Crippen LogP contribution in [0.2, 0.25) is 0 Å². The topological polar surface area (TPSA) is 56.7 Å². The van der Waals surface area contributed by atoms with Gasteiger partial charge in [-0.15, -0.1) is 0 Å². The maximum Gasteiger partial charge on any atom is 0.220 e. The number of benzene rings is 1. The van der Waals surface area contributed by atoms with Crippen molar-refractivity contribution in [2.24, 2.45) is 0 Å². The highest BCUT2D eigenvalue weighted by molar-refractivity contribution is 5.68. The molecule has 3 rings (SSSR count). The van der Waals surface area contributed by atoms with Crippen LogP contribution in [0, 0.1) is 13.8 Å². The van der Waals surface area contributed by atoms with Crippen LogP contribution in [0.15, 0.2) is 48.8 Å². The van der Waals surface area contributed by atoms with Gasteiger partial charge in [-0.25, -0.2) is 9.97 Å². The van der Waals surface area contributed by atoms with Gasteiger partial charge >= 0.3 is 0 Å². The zero-order valence-corrected chi connectivity index (χ0v) is 11.5. The smallest absolute Gasteiger partial charge is 0.220 e. The Morgan fingerprint density at radius 3 is 2.50 bits per heavy atom. The SMILES string of the molecule is Cc1cn(-c2ccccc2)c(C)c1-c1ccnc(N)n1.